The van der Waals surface area contributed by atoms with Crippen molar-refractivity contribution in [3.8, 4) is 5.69 Å². The van der Waals surface area contributed by atoms with Crippen LogP contribution in [0.1, 0.15) is 31.4 Å². The molecule has 2 atom stereocenters. The van der Waals surface area contributed by atoms with Crippen molar-refractivity contribution in [2.45, 2.75) is 33.7 Å². The highest BCUT2D eigenvalue weighted by Gasteiger charge is 2.67. The summed E-state index contributed by atoms with van der Waals surface area (Å²) in [6.45, 7) is 9.32. The van der Waals surface area contributed by atoms with E-state index in [0.717, 1.165) is 31.7 Å². The molecule has 4 rings (SSSR count). The van der Waals surface area contributed by atoms with Crippen molar-refractivity contribution in [3.63, 3.8) is 0 Å². The summed E-state index contributed by atoms with van der Waals surface area (Å²) >= 11 is 0. The van der Waals surface area contributed by atoms with Crippen molar-refractivity contribution in [1.29, 1.82) is 0 Å². The van der Waals surface area contributed by atoms with Gasteiger partial charge in [0.05, 0.1) is 18.2 Å². The Kier molecular flexibility index (Phi) is 3.95. The first-order valence-corrected chi connectivity index (χ1v) is 9.26. The van der Waals surface area contributed by atoms with Gasteiger partial charge in [-0.2, -0.15) is 5.10 Å². The van der Waals surface area contributed by atoms with Gasteiger partial charge in [-0.25, -0.2) is 4.68 Å². The quantitative estimate of drug-likeness (QED) is 0.792. The summed E-state index contributed by atoms with van der Waals surface area (Å²) in [5, 5.41) is 4.30. The van der Waals surface area contributed by atoms with E-state index in [-0.39, 0.29) is 16.8 Å². The molecule has 0 radical (unpaired) electrons. The van der Waals surface area contributed by atoms with E-state index >= 15 is 0 Å². The number of rotatable bonds is 4. The summed E-state index contributed by atoms with van der Waals surface area (Å²) in [6, 6.07) is 8.40. The third kappa shape index (κ3) is 2.57. The Morgan fingerprint density at radius 3 is 2.81 bits per heavy atom. The number of hydrogen-bond donors (Lipinski definition) is 0. The molecule has 1 aliphatic carbocycles. The zero-order valence-electron chi connectivity index (χ0n) is 16.0. The summed E-state index contributed by atoms with van der Waals surface area (Å²) in [7, 11) is 1.51. The summed E-state index contributed by atoms with van der Waals surface area (Å²) < 4.78 is 7.03. The van der Waals surface area contributed by atoms with Crippen LogP contribution in [-0.4, -0.2) is 40.8 Å². The summed E-state index contributed by atoms with van der Waals surface area (Å²) in [6.07, 6.45) is 4.66. The molecule has 2 aliphatic rings. The average Bonchev–Trinajstić information content (AvgIpc) is 3.23. The molecule has 0 unspecified atom stereocenters. The fourth-order valence-corrected chi connectivity index (χ4v) is 5.25. The molecule has 0 amide bonds. The molecule has 2 fully saturated rings. The van der Waals surface area contributed by atoms with Crippen LogP contribution in [0.3, 0.4) is 0 Å². The van der Waals surface area contributed by atoms with Crippen LogP contribution in [0.4, 0.5) is 0 Å². The molecular weight excluding hydrogens is 326 g/mol. The number of nitrogens with zero attached hydrogens (tertiary/aromatic N) is 3. The fraction of sp³-hybridized carbons (Fsp3) is 0.524. The van der Waals surface area contributed by atoms with Gasteiger partial charge >= 0.3 is 5.97 Å². The molecule has 0 spiro atoms. The van der Waals surface area contributed by atoms with Crippen LogP contribution in [0.15, 0.2) is 36.7 Å². The average molecular weight is 353 g/mol. The third-order valence-corrected chi connectivity index (χ3v) is 6.41. The number of carbonyl (C=O) groups excluding carboxylic acids is 1. The van der Waals surface area contributed by atoms with Crippen molar-refractivity contribution in [1.82, 2.24) is 14.7 Å². The van der Waals surface area contributed by atoms with Crippen LogP contribution in [0.2, 0.25) is 0 Å². The largest absolute Gasteiger partial charge is 0.469 e. The van der Waals surface area contributed by atoms with Gasteiger partial charge < -0.3 is 4.74 Å². The Balaban J connectivity index is 1.53. The Hall–Kier alpha value is -2.14. The molecule has 0 N–H and O–H groups in total. The number of aryl methyl sites for hydroxylation is 1. The molecule has 1 aromatic heterocycles. The lowest BCUT2D eigenvalue weighted by Gasteiger charge is -2.54. The van der Waals surface area contributed by atoms with E-state index in [2.05, 4.69) is 49.0 Å². The van der Waals surface area contributed by atoms with Gasteiger partial charge in [-0.05, 0) is 54.0 Å². The van der Waals surface area contributed by atoms with Crippen LogP contribution in [0.5, 0.6) is 0 Å². The van der Waals surface area contributed by atoms with Gasteiger partial charge in [-0.1, -0.05) is 19.9 Å². The maximum atomic E-state index is 12.5. The number of benzene rings is 1. The van der Waals surface area contributed by atoms with Crippen LogP contribution in [-0.2, 0) is 16.1 Å². The molecule has 138 valence electrons. The van der Waals surface area contributed by atoms with Gasteiger partial charge in [0.1, 0.15) is 0 Å². The van der Waals surface area contributed by atoms with Gasteiger partial charge in [-0.3, -0.25) is 9.69 Å². The van der Waals surface area contributed by atoms with Crippen LogP contribution in [0.25, 0.3) is 5.69 Å². The van der Waals surface area contributed by atoms with E-state index in [9.17, 15) is 4.79 Å². The first-order chi connectivity index (χ1) is 12.4. The molecule has 1 saturated carbocycles. The zero-order valence-corrected chi connectivity index (χ0v) is 16.0. The molecule has 5 heteroatoms. The third-order valence-electron chi connectivity index (χ3n) is 6.41. The Bertz CT molecular complexity index is 828. The summed E-state index contributed by atoms with van der Waals surface area (Å²) in [5.74, 6) is 0.348. The van der Waals surface area contributed by atoms with Crippen molar-refractivity contribution in [2.75, 3.05) is 20.2 Å². The molecule has 1 aliphatic heterocycles. The van der Waals surface area contributed by atoms with E-state index in [0.29, 0.717) is 5.92 Å². The number of likely N-dealkylation sites (tertiary alicyclic amines) is 1. The zero-order chi connectivity index (χ0) is 18.5. The molecule has 1 aromatic carbocycles. The smallest absolute Gasteiger partial charge is 0.313 e. The molecule has 2 aromatic rings. The predicted octanol–water partition coefficient (Wildman–Crippen LogP) is 3.20. The molecular formula is C21H27N3O2. The van der Waals surface area contributed by atoms with Gasteiger partial charge in [0, 0.05) is 32.0 Å². The summed E-state index contributed by atoms with van der Waals surface area (Å²) in [4.78, 5) is 14.9. The van der Waals surface area contributed by atoms with Crippen molar-refractivity contribution < 1.29 is 9.53 Å². The van der Waals surface area contributed by atoms with E-state index in [1.54, 1.807) is 6.20 Å². The number of esters is 1. The monoisotopic (exact) mass is 353 g/mol. The van der Waals surface area contributed by atoms with E-state index in [4.69, 9.17) is 4.74 Å². The second-order valence-corrected chi connectivity index (χ2v) is 8.60. The van der Waals surface area contributed by atoms with E-state index in [1.807, 2.05) is 16.9 Å². The molecule has 0 bridgehead atoms. The number of aromatic nitrogens is 2. The standard InChI is InChI=1S/C21H27N3O2/c1-15-10-17(24-9-5-8-22-24)7-6-16(15)11-23-12-18-20(2,3)13-21(18,14-23)19(25)26-4/h5-10,18H,11-14H2,1-4H3/t18-,21+/m1/s1. The minimum atomic E-state index is -0.304. The molecule has 2 heterocycles. The van der Waals surface area contributed by atoms with Crippen LogP contribution >= 0.6 is 0 Å². The van der Waals surface area contributed by atoms with Crippen LogP contribution < -0.4 is 0 Å². The molecule has 26 heavy (non-hydrogen) atoms. The Labute approximate surface area is 154 Å². The van der Waals surface area contributed by atoms with Crippen molar-refractivity contribution in [2.24, 2.45) is 16.7 Å². The highest BCUT2D eigenvalue weighted by molar-refractivity contribution is 5.80. The SMILES string of the molecule is COC(=O)[C@@]12CN(Cc3ccc(-n4cccn4)cc3C)C[C@@H]1C(C)(C)C2. The van der Waals surface area contributed by atoms with Gasteiger partial charge in [-0.15, -0.1) is 0 Å². The lowest BCUT2D eigenvalue weighted by Crippen LogP contribution is -2.57. The normalized spacial score (nSPS) is 27.0. The lowest BCUT2D eigenvalue weighted by molar-refractivity contribution is -0.174. The number of ether oxygens (including phenoxy) is 1. The van der Waals surface area contributed by atoms with Gasteiger partial charge in [0.2, 0.25) is 0 Å². The highest BCUT2D eigenvalue weighted by atomic mass is 16.5. The Morgan fingerprint density at radius 1 is 1.38 bits per heavy atom. The van der Waals surface area contributed by atoms with Gasteiger partial charge in [0.25, 0.3) is 0 Å². The molecule has 1 saturated heterocycles. The number of methoxy groups -OCH3 is 1. The second kappa shape index (κ2) is 5.95. The van der Waals surface area contributed by atoms with Crippen LogP contribution in [0, 0.1) is 23.7 Å². The fourth-order valence-electron chi connectivity index (χ4n) is 5.25. The second-order valence-electron chi connectivity index (χ2n) is 8.60. The minimum absolute atomic E-state index is 0.0323. The predicted molar refractivity (Wildman–Crippen MR) is 99.9 cm³/mol. The van der Waals surface area contributed by atoms with Crippen molar-refractivity contribution >= 4 is 5.97 Å². The topological polar surface area (TPSA) is 47.4 Å². The molecule has 5 nitrogen and oxygen atoms in total. The first kappa shape index (κ1) is 17.3. The number of carbonyl (C=O) groups is 1. The Morgan fingerprint density at radius 2 is 2.19 bits per heavy atom. The highest BCUT2D eigenvalue weighted by Crippen LogP contribution is 2.63. The number of hydrogen-bond acceptors (Lipinski definition) is 4. The van der Waals surface area contributed by atoms with Gasteiger partial charge in [0.15, 0.2) is 0 Å². The first-order valence-electron chi connectivity index (χ1n) is 9.26. The maximum absolute atomic E-state index is 12.5. The lowest BCUT2D eigenvalue weighted by atomic mass is 9.48. The van der Waals surface area contributed by atoms with E-state index < -0.39 is 0 Å². The maximum Gasteiger partial charge on any atom is 0.313 e. The van der Waals surface area contributed by atoms with Crippen molar-refractivity contribution in [3.05, 3.63) is 47.8 Å². The van der Waals surface area contributed by atoms with E-state index in [1.165, 1.54) is 18.2 Å². The summed E-state index contributed by atoms with van der Waals surface area (Å²) in [5.41, 5.74) is 3.54. The number of fused-ring (bicyclic) bond motifs is 1. The minimum Gasteiger partial charge on any atom is -0.469 e.